The molecule has 30 heavy (non-hydrogen) atoms. The third-order valence-corrected chi connectivity index (χ3v) is 5.44. The Labute approximate surface area is 181 Å². The molecule has 0 saturated heterocycles. The third-order valence-electron chi connectivity index (χ3n) is 4.05. The number of nitrogens with one attached hydrogen (secondary N) is 1. The number of furan rings is 1. The van der Waals surface area contributed by atoms with Gasteiger partial charge in [0, 0.05) is 18.7 Å². The summed E-state index contributed by atoms with van der Waals surface area (Å²) in [4.78, 5) is 23.9. The molecule has 0 aliphatic heterocycles. The fourth-order valence-corrected chi connectivity index (χ4v) is 3.62. The molecule has 154 valence electrons. The predicted molar refractivity (Wildman–Crippen MR) is 112 cm³/mol. The SMILES string of the molecule is CC(Sc1nnc(-c2ccco2)n1CCC(N)=O)C(=O)Nc1ccc(C#N)c(Cl)c1. The molecular weight excluding hydrogens is 428 g/mol. The molecule has 0 aliphatic rings. The van der Waals surface area contributed by atoms with Crippen LogP contribution in [-0.4, -0.2) is 31.8 Å². The van der Waals surface area contributed by atoms with E-state index in [4.69, 9.17) is 27.0 Å². The van der Waals surface area contributed by atoms with E-state index in [9.17, 15) is 9.59 Å². The number of hydrogen-bond donors (Lipinski definition) is 2. The van der Waals surface area contributed by atoms with Crippen LogP contribution in [0.2, 0.25) is 5.02 Å². The minimum Gasteiger partial charge on any atom is -0.461 e. The Morgan fingerprint density at radius 2 is 2.20 bits per heavy atom. The van der Waals surface area contributed by atoms with Crippen LogP contribution in [0.25, 0.3) is 11.6 Å². The number of nitrogens with zero attached hydrogens (tertiary/aromatic N) is 4. The van der Waals surface area contributed by atoms with Gasteiger partial charge in [-0.1, -0.05) is 23.4 Å². The number of thioether (sulfide) groups is 1. The van der Waals surface area contributed by atoms with Gasteiger partial charge in [0.15, 0.2) is 16.7 Å². The lowest BCUT2D eigenvalue weighted by molar-refractivity contribution is -0.118. The number of amides is 2. The molecule has 1 atom stereocenters. The normalized spacial score (nSPS) is 11.6. The number of carbonyl (C=O) groups excluding carboxylic acids is 2. The van der Waals surface area contributed by atoms with Crippen LogP contribution in [0.5, 0.6) is 0 Å². The minimum absolute atomic E-state index is 0.0869. The van der Waals surface area contributed by atoms with E-state index >= 15 is 0 Å². The van der Waals surface area contributed by atoms with Gasteiger partial charge in [-0.25, -0.2) is 0 Å². The molecule has 2 amide bonds. The second-order valence-corrected chi connectivity index (χ2v) is 7.92. The number of primary amides is 1. The number of anilines is 1. The molecule has 0 radical (unpaired) electrons. The van der Waals surface area contributed by atoms with Crippen molar-refractivity contribution < 1.29 is 14.0 Å². The van der Waals surface area contributed by atoms with E-state index in [1.54, 1.807) is 29.7 Å². The third kappa shape index (κ3) is 5.00. The van der Waals surface area contributed by atoms with Crippen molar-refractivity contribution in [3.8, 4) is 17.7 Å². The first kappa shape index (κ1) is 21.4. The van der Waals surface area contributed by atoms with Gasteiger partial charge in [-0.05, 0) is 37.3 Å². The van der Waals surface area contributed by atoms with Gasteiger partial charge in [0.05, 0.1) is 22.1 Å². The zero-order valence-electron chi connectivity index (χ0n) is 15.8. The van der Waals surface area contributed by atoms with Crippen LogP contribution in [0.4, 0.5) is 5.69 Å². The molecule has 2 heterocycles. The van der Waals surface area contributed by atoms with E-state index in [-0.39, 0.29) is 23.9 Å². The summed E-state index contributed by atoms with van der Waals surface area (Å²) in [5, 5.41) is 20.1. The maximum Gasteiger partial charge on any atom is 0.237 e. The Morgan fingerprint density at radius 1 is 1.40 bits per heavy atom. The van der Waals surface area contributed by atoms with Gasteiger partial charge in [0.25, 0.3) is 0 Å². The average Bonchev–Trinajstić information content (AvgIpc) is 3.36. The number of rotatable bonds is 8. The highest BCUT2D eigenvalue weighted by molar-refractivity contribution is 8.00. The van der Waals surface area contributed by atoms with E-state index < -0.39 is 11.2 Å². The van der Waals surface area contributed by atoms with Crippen LogP contribution >= 0.6 is 23.4 Å². The van der Waals surface area contributed by atoms with E-state index in [1.807, 2.05) is 6.07 Å². The van der Waals surface area contributed by atoms with Crippen molar-refractivity contribution in [3.05, 3.63) is 47.2 Å². The summed E-state index contributed by atoms with van der Waals surface area (Å²) in [5.74, 6) is 0.177. The van der Waals surface area contributed by atoms with E-state index in [2.05, 4.69) is 15.5 Å². The van der Waals surface area contributed by atoms with Crippen molar-refractivity contribution in [1.82, 2.24) is 14.8 Å². The maximum atomic E-state index is 12.6. The van der Waals surface area contributed by atoms with Gasteiger partial charge in [0.2, 0.25) is 11.8 Å². The standard InChI is InChI=1S/C19H17ClN6O3S/c1-11(18(28)23-13-5-4-12(10-21)14(20)9-13)30-19-25-24-17(15-3-2-8-29-15)26(19)7-6-16(22)27/h2-5,8-9,11H,6-7H2,1H3,(H2,22,27)(H,23,28). The lowest BCUT2D eigenvalue weighted by atomic mass is 10.2. The molecule has 0 saturated carbocycles. The van der Waals surface area contributed by atoms with E-state index in [0.29, 0.717) is 28.0 Å². The van der Waals surface area contributed by atoms with Gasteiger partial charge in [-0.2, -0.15) is 5.26 Å². The highest BCUT2D eigenvalue weighted by atomic mass is 35.5. The number of carbonyl (C=O) groups is 2. The second-order valence-electron chi connectivity index (χ2n) is 6.21. The van der Waals surface area contributed by atoms with Crippen LogP contribution in [0, 0.1) is 11.3 Å². The van der Waals surface area contributed by atoms with Crippen molar-refractivity contribution in [2.75, 3.05) is 5.32 Å². The largest absolute Gasteiger partial charge is 0.461 e. The summed E-state index contributed by atoms with van der Waals surface area (Å²) in [6.45, 7) is 1.96. The Morgan fingerprint density at radius 3 is 2.83 bits per heavy atom. The highest BCUT2D eigenvalue weighted by Crippen LogP contribution is 2.28. The molecule has 2 aromatic heterocycles. The molecule has 0 aliphatic carbocycles. The molecule has 11 heteroatoms. The summed E-state index contributed by atoms with van der Waals surface area (Å²) in [6, 6.07) is 10.1. The lowest BCUT2D eigenvalue weighted by Gasteiger charge is -2.13. The molecule has 9 nitrogen and oxygen atoms in total. The molecule has 3 rings (SSSR count). The zero-order valence-corrected chi connectivity index (χ0v) is 17.4. The summed E-state index contributed by atoms with van der Waals surface area (Å²) in [7, 11) is 0. The Bertz CT molecular complexity index is 1110. The quantitative estimate of drug-likeness (QED) is 0.508. The molecule has 3 N–H and O–H groups in total. The number of nitrogens with two attached hydrogens (primary N) is 1. The molecule has 1 unspecified atom stereocenters. The molecule has 1 aromatic carbocycles. The summed E-state index contributed by atoms with van der Waals surface area (Å²) in [6.07, 6.45) is 1.59. The van der Waals surface area contributed by atoms with Crippen molar-refractivity contribution in [1.29, 1.82) is 5.26 Å². The van der Waals surface area contributed by atoms with Crippen LogP contribution in [0.1, 0.15) is 18.9 Å². The molecule has 3 aromatic rings. The van der Waals surface area contributed by atoms with E-state index in [1.165, 1.54) is 30.2 Å². The monoisotopic (exact) mass is 444 g/mol. The zero-order chi connectivity index (χ0) is 21.7. The summed E-state index contributed by atoms with van der Waals surface area (Å²) >= 11 is 7.19. The first-order valence-corrected chi connectivity index (χ1v) is 10.1. The Balaban J connectivity index is 1.76. The van der Waals surface area contributed by atoms with Gasteiger partial charge in [0.1, 0.15) is 6.07 Å². The van der Waals surface area contributed by atoms with E-state index in [0.717, 1.165) is 0 Å². The van der Waals surface area contributed by atoms with Crippen molar-refractivity contribution in [3.63, 3.8) is 0 Å². The maximum absolute atomic E-state index is 12.6. The second kappa shape index (κ2) is 9.47. The summed E-state index contributed by atoms with van der Waals surface area (Å²) in [5.41, 5.74) is 6.08. The van der Waals surface area contributed by atoms with Gasteiger partial charge >= 0.3 is 0 Å². The average molecular weight is 445 g/mol. The lowest BCUT2D eigenvalue weighted by Crippen LogP contribution is -2.23. The topological polar surface area (TPSA) is 140 Å². The van der Waals surface area contributed by atoms with Crippen molar-refractivity contribution in [2.24, 2.45) is 5.73 Å². The fourth-order valence-electron chi connectivity index (χ4n) is 2.53. The first-order valence-electron chi connectivity index (χ1n) is 8.81. The number of hydrogen-bond acceptors (Lipinski definition) is 7. The van der Waals surface area contributed by atoms with Crippen molar-refractivity contribution >= 4 is 40.9 Å². The Hall–Kier alpha value is -3.29. The van der Waals surface area contributed by atoms with Gasteiger partial charge in [-0.15, -0.1) is 10.2 Å². The number of nitriles is 1. The van der Waals surface area contributed by atoms with Crippen molar-refractivity contribution in [2.45, 2.75) is 30.3 Å². The van der Waals surface area contributed by atoms with Crippen LogP contribution in [-0.2, 0) is 16.1 Å². The van der Waals surface area contributed by atoms with Gasteiger partial charge < -0.3 is 15.5 Å². The van der Waals surface area contributed by atoms with Crippen LogP contribution in [0.3, 0.4) is 0 Å². The number of aromatic nitrogens is 3. The number of benzene rings is 1. The predicted octanol–water partition coefficient (Wildman–Crippen LogP) is 3.06. The van der Waals surface area contributed by atoms with Crippen LogP contribution < -0.4 is 11.1 Å². The minimum atomic E-state index is -0.541. The fraction of sp³-hybridized carbons (Fsp3) is 0.211. The number of halogens is 1. The van der Waals surface area contributed by atoms with Gasteiger partial charge in [-0.3, -0.25) is 14.2 Å². The first-order chi connectivity index (χ1) is 14.4. The molecule has 0 bridgehead atoms. The highest BCUT2D eigenvalue weighted by Gasteiger charge is 2.22. The molecular formula is C19H17ClN6O3S. The van der Waals surface area contributed by atoms with Crippen LogP contribution in [0.15, 0.2) is 46.2 Å². The smallest absolute Gasteiger partial charge is 0.237 e. The summed E-state index contributed by atoms with van der Waals surface area (Å²) < 4.78 is 7.07. The Kier molecular flexibility index (Phi) is 6.76. The molecule has 0 fully saturated rings. The molecule has 0 spiro atoms.